The highest BCUT2D eigenvalue weighted by Gasteiger charge is 2.17. The second-order valence-electron chi connectivity index (χ2n) is 3.67. The van der Waals surface area contributed by atoms with Crippen LogP contribution in [-0.2, 0) is 4.79 Å². The number of pyridine rings is 1. The highest BCUT2D eigenvalue weighted by atomic mass is 16.2. The van der Waals surface area contributed by atoms with Crippen LogP contribution in [0.1, 0.15) is 13.8 Å². The van der Waals surface area contributed by atoms with Gasteiger partial charge in [-0.15, -0.1) is 0 Å². The predicted octanol–water partition coefficient (Wildman–Crippen LogP) is 0.297. The SMILES string of the molecule is CC(C)[C@H](N)C(=O)Nc1ccc[nH]c1=O. The molecule has 5 nitrogen and oxygen atoms in total. The van der Waals surface area contributed by atoms with Crippen LogP contribution in [0.4, 0.5) is 5.69 Å². The number of amides is 1. The minimum Gasteiger partial charge on any atom is -0.327 e. The smallest absolute Gasteiger partial charge is 0.271 e. The highest BCUT2D eigenvalue weighted by molar-refractivity contribution is 5.94. The largest absolute Gasteiger partial charge is 0.327 e. The fourth-order valence-electron chi connectivity index (χ4n) is 1.04. The van der Waals surface area contributed by atoms with Gasteiger partial charge in [-0.2, -0.15) is 0 Å². The second-order valence-corrected chi connectivity index (χ2v) is 3.67. The summed E-state index contributed by atoms with van der Waals surface area (Å²) in [5.74, 6) is -0.311. The van der Waals surface area contributed by atoms with Crippen LogP contribution in [0.2, 0.25) is 0 Å². The van der Waals surface area contributed by atoms with Gasteiger partial charge < -0.3 is 16.0 Å². The summed E-state index contributed by atoms with van der Waals surface area (Å²) in [6.07, 6.45) is 1.50. The van der Waals surface area contributed by atoms with E-state index >= 15 is 0 Å². The van der Waals surface area contributed by atoms with E-state index < -0.39 is 6.04 Å². The molecule has 1 aromatic rings. The predicted molar refractivity (Wildman–Crippen MR) is 58.5 cm³/mol. The lowest BCUT2D eigenvalue weighted by atomic mass is 10.1. The first kappa shape index (κ1) is 11.5. The number of hydrogen-bond acceptors (Lipinski definition) is 3. The summed E-state index contributed by atoms with van der Waals surface area (Å²) >= 11 is 0. The van der Waals surface area contributed by atoms with Crippen molar-refractivity contribution in [2.45, 2.75) is 19.9 Å². The Bertz CT molecular complexity index is 398. The van der Waals surface area contributed by atoms with Crippen molar-refractivity contribution in [3.63, 3.8) is 0 Å². The molecule has 0 bridgehead atoms. The van der Waals surface area contributed by atoms with Crippen molar-refractivity contribution < 1.29 is 4.79 Å². The molecule has 0 radical (unpaired) electrons. The number of hydrogen-bond donors (Lipinski definition) is 3. The number of anilines is 1. The third kappa shape index (κ3) is 2.92. The number of aromatic amines is 1. The van der Waals surface area contributed by atoms with Gasteiger partial charge in [-0.3, -0.25) is 9.59 Å². The molecule has 5 heteroatoms. The maximum atomic E-state index is 11.5. The Morgan fingerprint density at radius 1 is 1.53 bits per heavy atom. The molecule has 0 aromatic carbocycles. The van der Waals surface area contributed by atoms with Crippen molar-refractivity contribution in [1.29, 1.82) is 0 Å². The number of rotatable bonds is 3. The van der Waals surface area contributed by atoms with E-state index in [1.54, 1.807) is 6.07 Å². The van der Waals surface area contributed by atoms with Crippen LogP contribution in [0.15, 0.2) is 23.1 Å². The number of carbonyl (C=O) groups is 1. The zero-order valence-corrected chi connectivity index (χ0v) is 8.78. The lowest BCUT2D eigenvalue weighted by molar-refractivity contribution is -0.118. The van der Waals surface area contributed by atoms with Gasteiger partial charge in [0.15, 0.2) is 0 Å². The van der Waals surface area contributed by atoms with Crippen molar-refractivity contribution in [3.05, 3.63) is 28.7 Å². The van der Waals surface area contributed by atoms with E-state index in [0.29, 0.717) is 0 Å². The number of H-pyrrole nitrogens is 1. The molecule has 0 aliphatic carbocycles. The Morgan fingerprint density at radius 2 is 2.20 bits per heavy atom. The van der Waals surface area contributed by atoms with Crippen molar-refractivity contribution in [2.75, 3.05) is 5.32 Å². The number of carbonyl (C=O) groups excluding carboxylic acids is 1. The zero-order valence-electron chi connectivity index (χ0n) is 8.78. The van der Waals surface area contributed by atoms with Crippen molar-refractivity contribution in [1.82, 2.24) is 4.98 Å². The molecule has 0 saturated carbocycles. The first-order chi connectivity index (χ1) is 7.02. The van der Waals surface area contributed by atoms with Crippen LogP contribution in [0, 0.1) is 5.92 Å². The molecule has 0 saturated heterocycles. The van der Waals surface area contributed by atoms with Crippen molar-refractivity contribution in [2.24, 2.45) is 11.7 Å². The molecule has 0 aliphatic heterocycles. The molecule has 82 valence electrons. The van der Waals surface area contributed by atoms with E-state index in [1.165, 1.54) is 12.3 Å². The summed E-state index contributed by atoms with van der Waals surface area (Å²) in [6, 6.07) is 2.56. The maximum Gasteiger partial charge on any atom is 0.271 e. The molecule has 15 heavy (non-hydrogen) atoms. The molecule has 0 fully saturated rings. The Morgan fingerprint density at radius 3 is 2.73 bits per heavy atom. The monoisotopic (exact) mass is 209 g/mol. The number of aromatic nitrogens is 1. The van der Waals surface area contributed by atoms with E-state index in [1.807, 2.05) is 13.8 Å². The average molecular weight is 209 g/mol. The van der Waals surface area contributed by atoms with E-state index in [9.17, 15) is 9.59 Å². The van der Waals surface area contributed by atoms with Crippen molar-refractivity contribution >= 4 is 11.6 Å². The van der Waals surface area contributed by atoms with Gasteiger partial charge in [0.25, 0.3) is 5.56 Å². The first-order valence-corrected chi connectivity index (χ1v) is 4.76. The Kier molecular flexibility index (Phi) is 3.62. The summed E-state index contributed by atoms with van der Waals surface area (Å²) < 4.78 is 0. The van der Waals surface area contributed by atoms with E-state index in [-0.39, 0.29) is 23.1 Å². The fourth-order valence-corrected chi connectivity index (χ4v) is 1.04. The molecule has 1 heterocycles. The van der Waals surface area contributed by atoms with Gasteiger partial charge in [-0.1, -0.05) is 13.8 Å². The van der Waals surface area contributed by atoms with Gasteiger partial charge in [-0.25, -0.2) is 0 Å². The third-order valence-electron chi connectivity index (χ3n) is 2.10. The van der Waals surface area contributed by atoms with Gasteiger partial charge in [0.05, 0.1) is 6.04 Å². The van der Waals surface area contributed by atoms with Crippen LogP contribution >= 0.6 is 0 Å². The molecule has 4 N–H and O–H groups in total. The Labute approximate surface area is 87.7 Å². The summed E-state index contributed by atoms with van der Waals surface area (Å²) in [4.78, 5) is 25.2. The number of nitrogens with one attached hydrogen (secondary N) is 2. The lowest BCUT2D eigenvalue weighted by Crippen LogP contribution is -2.40. The molecular weight excluding hydrogens is 194 g/mol. The van der Waals surface area contributed by atoms with Gasteiger partial charge in [0.2, 0.25) is 5.91 Å². The van der Waals surface area contributed by atoms with Gasteiger partial charge in [-0.05, 0) is 18.1 Å². The normalized spacial score (nSPS) is 12.5. The quantitative estimate of drug-likeness (QED) is 0.668. The first-order valence-electron chi connectivity index (χ1n) is 4.76. The minimum atomic E-state index is -0.607. The third-order valence-corrected chi connectivity index (χ3v) is 2.10. The van der Waals surface area contributed by atoms with E-state index in [4.69, 9.17) is 5.73 Å². The topological polar surface area (TPSA) is 88.0 Å². The van der Waals surface area contributed by atoms with Crippen LogP contribution in [0.3, 0.4) is 0 Å². The van der Waals surface area contributed by atoms with Gasteiger partial charge in [0.1, 0.15) is 5.69 Å². The molecule has 0 aliphatic rings. The summed E-state index contributed by atoms with van der Waals surface area (Å²) in [7, 11) is 0. The summed E-state index contributed by atoms with van der Waals surface area (Å²) in [5, 5.41) is 2.48. The molecule has 0 spiro atoms. The van der Waals surface area contributed by atoms with E-state index in [0.717, 1.165) is 0 Å². The van der Waals surface area contributed by atoms with E-state index in [2.05, 4.69) is 10.3 Å². The molecular formula is C10H15N3O2. The second kappa shape index (κ2) is 4.75. The van der Waals surface area contributed by atoms with Gasteiger partial charge >= 0.3 is 0 Å². The van der Waals surface area contributed by atoms with Crippen LogP contribution in [0.25, 0.3) is 0 Å². The molecule has 1 rings (SSSR count). The molecule has 0 unspecified atom stereocenters. The van der Waals surface area contributed by atoms with Gasteiger partial charge in [0, 0.05) is 6.20 Å². The van der Waals surface area contributed by atoms with Crippen LogP contribution in [0.5, 0.6) is 0 Å². The van der Waals surface area contributed by atoms with Crippen LogP contribution < -0.4 is 16.6 Å². The van der Waals surface area contributed by atoms with Crippen LogP contribution in [-0.4, -0.2) is 16.9 Å². The molecule has 1 amide bonds. The molecule has 1 atom stereocenters. The number of nitrogens with two attached hydrogens (primary N) is 1. The maximum absolute atomic E-state index is 11.5. The Hall–Kier alpha value is -1.62. The Balaban J connectivity index is 2.75. The average Bonchev–Trinajstić information content (AvgIpc) is 2.20. The summed E-state index contributed by atoms with van der Waals surface area (Å²) in [5.41, 5.74) is 5.52. The lowest BCUT2D eigenvalue weighted by Gasteiger charge is -2.14. The van der Waals surface area contributed by atoms with Crippen molar-refractivity contribution in [3.8, 4) is 0 Å². The molecule has 1 aromatic heterocycles. The summed E-state index contributed by atoms with van der Waals surface area (Å²) in [6.45, 7) is 3.69. The minimum absolute atomic E-state index is 0.0350. The fraction of sp³-hybridized carbons (Fsp3) is 0.400. The standard InChI is InChI=1S/C10H15N3O2/c1-6(2)8(11)10(15)13-7-4-3-5-12-9(7)14/h3-6,8H,11H2,1-2H3,(H,12,14)(H,13,15)/t8-/m0/s1. The highest BCUT2D eigenvalue weighted by Crippen LogP contribution is 2.02. The zero-order chi connectivity index (χ0) is 11.4.